The van der Waals surface area contributed by atoms with E-state index in [4.69, 9.17) is 4.74 Å². The van der Waals surface area contributed by atoms with Gasteiger partial charge in [0, 0.05) is 5.56 Å². The summed E-state index contributed by atoms with van der Waals surface area (Å²) < 4.78 is 17.7. The maximum atomic E-state index is 12.8. The highest BCUT2D eigenvalue weighted by molar-refractivity contribution is 5.99. The van der Waals surface area contributed by atoms with Gasteiger partial charge in [-0.15, -0.1) is 0 Å². The van der Waals surface area contributed by atoms with Crippen molar-refractivity contribution < 1.29 is 18.7 Å². The minimum Gasteiger partial charge on any atom is -0.453 e. The molecule has 6 heteroatoms. The summed E-state index contributed by atoms with van der Waals surface area (Å²) in [5, 5.41) is 0. The Balaban J connectivity index is 1.68. The topological polar surface area (TPSA) is 69.2 Å². The van der Waals surface area contributed by atoms with Crippen molar-refractivity contribution in [2.24, 2.45) is 0 Å². The second-order valence-electron chi connectivity index (χ2n) is 4.75. The molecule has 2 aromatic carbocycles. The van der Waals surface area contributed by atoms with E-state index >= 15 is 0 Å². The third-order valence-corrected chi connectivity index (χ3v) is 3.16. The number of aromatic nitrogens is 2. The molecule has 0 saturated heterocycles. The van der Waals surface area contributed by atoms with Crippen molar-refractivity contribution in [3.05, 3.63) is 71.8 Å². The molecule has 0 radical (unpaired) electrons. The zero-order valence-electron chi connectivity index (χ0n) is 11.9. The number of benzene rings is 2. The molecule has 1 aromatic heterocycles. The number of carbonyl (C=O) groups excluding carboxylic acids is 2. The molecule has 0 aliphatic carbocycles. The average Bonchev–Trinajstić information content (AvgIpc) is 2.59. The Labute approximate surface area is 130 Å². The van der Waals surface area contributed by atoms with Gasteiger partial charge in [-0.2, -0.15) is 0 Å². The van der Waals surface area contributed by atoms with E-state index in [-0.39, 0.29) is 11.3 Å². The normalized spacial score (nSPS) is 10.5. The summed E-state index contributed by atoms with van der Waals surface area (Å²) >= 11 is 0. The van der Waals surface area contributed by atoms with E-state index in [1.54, 1.807) is 18.2 Å². The predicted octanol–water partition coefficient (Wildman–Crippen LogP) is 2.81. The van der Waals surface area contributed by atoms with Crippen LogP contribution in [0.4, 0.5) is 4.39 Å². The summed E-state index contributed by atoms with van der Waals surface area (Å²) in [6.07, 6.45) is 1.30. The molecule has 23 heavy (non-hydrogen) atoms. The van der Waals surface area contributed by atoms with Crippen molar-refractivity contribution in [2.45, 2.75) is 0 Å². The standard InChI is InChI=1S/C17H11FN2O3/c18-12-7-5-11(6-8-12)16(21)10-23-17(22)15-9-19-13-3-1-2-4-14(13)20-15/h1-9H,10H2. The van der Waals surface area contributed by atoms with Crippen molar-refractivity contribution in [3.8, 4) is 0 Å². The number of esters is 1. The lowest BCUT2D eigenvalue weighted by Crippen LogP contribution is -2.15. The molecule has 3 aromatic rings. The van der Waals surface area contributed by atoms with Crippen LogP contribution in [0.3, 0.4) is 0 Å². The van der Waals surface area contributed by atoms with Gasteiger partial charge in [-0.05, 0) is 36.4 Å². The van der Waals surface area contributed by atoms with Crippen LogP contribution in [-0.4, -0.2) is 28.3 Å². The molecule has 0 unspecified atom stereocenters. The van der Waals surface area contributed by atoms with E-state index in [2.05, 4.69) is 9.97 Å². The first-order chi connectivity index (χ1) is 11.1. The molecule has 0 spiro atoms. The van der Waals surface area contributed by atoms with Gasteiger partial charge in [0.15, 0.2) is 18.1 Å². The Morgan fingerprint density at radius 2 is 1.70 bits per heavy atom. The number of carbonyl (C=O) groups is 2. The largest absolute Gasteiger partial charge is 0.453 e. The average molecular weight is 310 g/mol. The molecular weight excluding hydrogens is 299 g/mol. The summed E-state index contributed by atoms with van der Waals surface area (Å²) in [5.74, 6) is -1.60. The smallest absolute Gasteiger partial charge is 0.359 e. The number of hydrogen-bond acceptors (Lipinski definition) is 5. The summed E-state index contributed by atoms with van der Waals surface area (Å²) in [6, 6.07) is 12.1. The van der Waals surface area contributed by atoms with Gasteiger partial charge in [0.25, 0.3) is 0 Å². The van der Waals surface area contributed by atoms with E-state index in [0.29, 0.717) is 11.0 Å². The van der Waals surface area contributed by atoms with Crippen LogP contribution < -0.4 is 0 Å². The number of fused-ring (bicyclic) bond motifs is 1. The van der Waals surface area contributed by atoms with Gasteiger partial charge in [0.2, 0.25) is 0 Å². The van der Waals surface area contributed by atoms with Crippen LogP contribution in [0.15, 0.2) is 54.7 Å². The summed E-state index contributed by atoms with van der Waals surface area (Å²) in [5.41, 5.74) is 1.51. The van der Waals surface area contributed by atoms with Crippen LogP contribution in [-0.2, 0) is 4.74 Å². The fourth-order valence-electron chi connectivity index (χ4n) is 1.98. The SMILES string of the molecule is O=C(COC(=O)c1cnc2ccccc2n1)c1ccc(F)cc1. The highest BCUT2D eigenvalue weighted by atomic mass is 19.1. The molecule has 0 atom stereocenters. The highest BCUT2D eigenvalue weighted by Gasteiger charge is 2.14. The monoisotopic (exact) mass is 310 g/mol. The van der Waals surface area contributed by atoms with Crippen LogP contribution in [0, 0.1) is 5.82 Å². The van der Waals surface area contributed by atoms with Crippen LogP contribution >= 0.6 is 0 Å². The molecule has 0 fully saturated rings. The molecule has 114 valence electrons. The van der Waals surface area contributed by atoms with Crippen LogP contribution in [0.5, 0.6) is 0 Å². The minimum atomic E-state index is -0.737. The molecule has 0 bridgehead atoms. The zero-order valence-corrected chi connectivity index (χ0v) is 11.9. The van der Waals surface area contributed by atoms with Gasteiger partial charge >= 0.3 is 5.97 Å². The maximum absolute atomic E-state index is 12.8. The van der Waals surface area contributed by atoms with Crippen molar-refractivity contribution in [2.75, 3.05) is 6.61 Å². The van der Waals surface area contributed by atoms with E-state index in [0.717, 1.165) is 0 Å². The van der Waals surface area contributed by atoms with E-state index in [1.807, 2.05) is 6.07 Å². The minimum absolute atomic E-state index is 0.0237. The third kappa shape index (κ3) is 3.37. The van der Waals surface area contributed by atoms with Crippen molar-refractivity contribution in [1.82, 2.24) is 9.97 Å². The number of hydrogen-bond donors (Lipinski definition) is 0. The Morgan fingerprint density at radius 1 is 1.00 bits per heavy atom. The molecule has 0 aliphatic rings. The Kier molecular flexibility index (Phi) is 4.05. The highest BCUT2D eigenvalue weighted by Crippen LogP contribution is 2.10. The number of rotatable bonds is 4. The fraction of sp³-hybridized carbons (Fsp3) is 0.0588. The lowest BCUT2D eigenvalue weighted by atomic mass is 10.1. The molecule has 3 rings (SSSR count). The number of ketones is 1. The van der Waals surface area contributed by atoms with Crippen LogP contribution in [0.2, 0.25) is 0 Å². The Bertz CT molecular complexity index is 878. The second kappa shape index (κ2) is 6.31. The van der Waals surface area contributed by atoms with Gasteiger partial charge in [0.1, 0.15) is 5.82 Å². The maximum Gasteiger partial charge on any atom is 0.359 e. The molecule has 1 heterocycles. The van der Waals surface area contributed by atoms with Gasteiger partial charge in [-0.25, -0.2) is 14.2 Å². The number of nitrogens with zero attached hydrogens (tertiary/aromatic N) is 2. The Hall–Kier alpha value is -3.15. The molecule has 0 N–H and O–H groups in total. The van der Waals surface area contributed by atoms with Crippen molar-refractivity contribution >= 4 is 22.8 Å². The zero-order chi connectivity index (χ0) is 16.2. The fourth-order valence-corrected chi connectivity index (χ4v) is 1.98. The molecule has 0 aliphatic heterocycles. The first-order valence-electron chi connectivity index (χ1n) is 6.81. The Morgan fingerprint density at radius 3 is 2.43 bits per heavy atom. The second-order valence-corrected chi connectivity index (χ2v) is 4.75. The lowest BCUT2D eigenvalue weighted by Gasteiger charge is -2.04. The third-order valence-electron chi connectivity index (χ3n) is 3.16. The first-order valence-corrected chi connectivity index (χ1v) is 6.81. The van der Waals surface area contributed by atoms with Gasteiger partial charge < -0.3 is 4.74 Å². The molecule has 5 nitrogen and oxygen atoms in total. The van der Waals surface area contributed by atoms with Crippen molar-refractivity contribution in [1.29, 1.82) is 0 Å². The van der Waals surface area contributed by atoms with Gasteiger partial charge in [-0.1, -0.05) is 12.1 Å². The van der Waals surface area contributed by atoms with Gasteiger partial charge in [-0.3, -0.25) is 9.78 Å². The van der Waals surface area contributed by atoms with Gasteiger partial charge in [0.05, 0.1) is 17.2 Å². The predicted molar refractivity (Wildman–Crippen MR) is 80.6 cm³/mol. The number of ether oxygens (including phenoxy) is 1. The number of halogens is 1. The van der Waals surface area contributed by atoms with E-state index in [1.165, 1.54) is 30.5 Å². The summed E-state index contributed by atoms with van der Waals surface area (Å²) in [4.78, 5) is 32.1. The molecular formula is C17H11FN2O3. The van der Waals surface area contributed by atoms with Crippen molar-refractivity contribution in [3.63, 3.8) is 0 Å². The molecule has 0 saturated carbocycles. The number of para-hydroxylation sites is 2. The van der Waals surface area contributed by atoms with E-state index < -0.39 is 24.2 Å². The summed E-state index contributed by atoms with van der Waals surface area (Å²) in [7, 11) is 0. The quantitative estimate of drug-likeness (QED) is 0.547. The van der Waals surface area contributed by atoms with Crippen LogP contribution in [0.1, 0.15) is 20.8 Å². The van der Waals surface area contributed by atoms with E-state index in [9.17, 15) is 14.0 Å². The molecule has 0 amide bonds. The first kappa shape index (κ1) is 14.8. The van der Waals surface area contributed by atoms with Crippen LogP contribution in [0.25, 0.3) is 11.0 Å². The number of Topliss-reactive ketones (excluding diaryl/α,β-unsaturated/α-hetero) is 1. The summed E-state index contributed by atoms with van der Waals surface area (Å²) in [6.45, 7) is -0.445. The lowest BCUT2D eigenvalue weighted by molar-refractivity contribution is 0.0469.